The number of benzene rings is 7. The van der Waals surface area contributed by atoms with Gasteiger partial charge in [-0.3, -0.25) is 0 Å². The Labute approximate surface area is 364 Å². The molecule has 0 amide bonds. The Bertz CT molecular complexity index is 2540. The van der Waals surface area contributed by atoms with Gasteiger partial charge >= 0.3 is 0 Å². The van der Waals surface area contributed by atoms with Gasteiger partial charge in [-0.05, 0) is 104 Å². The highest BCUT2D eigenvalue weighted by molar-refractivity contribution is 5.95. The van der Waals surface area contributed by atoms with Crippen molar-refractivity contribution >= 4 is 28.4 Å². The number of hydrogen-bond donors (Lipinski definition) is 0. The molecule has 0 unspecified atom stereocenters. The summed E-state index contributed by atoms with van der Waals surface area (Å²) in [5, 5.41) is 0. The molecule has 305 valence electrons. The summed E-state index contributed by atoms with van der Waals surface area (Å²) in [7, 11) is 0. The van der Waals surface area contributed by atoms with Crippen LogP contribution in [0.5, 0.6) is 0 Å². The molecule has 1 saturated heterocycles. The summed E-state index contributed by atoms with van der Waals surface area (Å²) in [6.45, 7) is 20.6. The van der Waals surface area contributed by atoms with Crippen LogP contribution in [0.25, 0.3) is 11.1 Å². The van der Waals surface area contributed by atoms with Crippen molar-refractivity contribution in [2.75, 3.05) is 27.8 Å². The molecular weight excluding hydrogens is 739 g/mol. The molecule has 1 fully saturated rings. The number of hydrogen-bond acceptors (Lipinski definition) is 3. The van der Waals surface area contributed by atoms with Crippen molar-refractivity contribution in [2.45, 2.75) is 84.5 Å². The van der Waals surface area contributed by atoms with Gasteiger partial charge in [0.05, 0.1) is 16.8 Å². The molecule has 7 aromatic rings. The Balaban J connectivity index is 1.15. The van der Waals surface area contributed by atoms with Crippen LogP contribution in [0.15, 0.2) is 158 Å². The summed E-state index contributed by atoms with van der Waals surface area (Å²) >= 11 is 0. The Hall–Kier alpha value is -6.06. The third kappa shape index (κ3) is 5.91. The van der Waals surface area contributed by atoms with Gasteiger partial charge in [-0.2, -0.15) is 0 Å². The van der Waals surface area contributed by atoms with Gasteiger partial charge in [0.25, 0.3) is 0 Å². The first-order chi connectivity index (χ1) is 29.6. The standard InChI is InChI=1S/C58H58N3/c1-37(2)43-21-17-22-44(38(3)4)55(43)59-35-36-60(56-45(39(5)6)23-18-24-46(56)40(7)8)57(59)41-31-33-42(34-32-41)61-53-29-15-13-27-51(53)58(52-28-14-16-30-54(52)61)49-25-11-9-19-47(49)48-20-10-12-26-50(48)58/h9-34,37-40H,35-36H2,1-8H3. The smallest absolute Gasteiger partial charge is 0.187 e. The van der Waals surface area contributed by atoms with E-state index >= 15 is 0 Å². The molecule has 2 aliphatic heterocycles. The first-order valence-electron chi connectivity index (χ1n) is 22.6. The van der Waals surface area contributed by atoms with Crippen LogP contribution in [-0.2, 0) is 5.41 Å². The summed E-state index contributed by atoms with van der Waals surface area (Å²) in [5.74, 6) is 1.56. The SMILES string of the molecule is CC(C)c1cccc(C(C)C)c1N1CCN(c2c(C(C)C)cccc2C(C)C)[C]1c1ccc(N2c3ccccc3C3(c4ccccc4-c4ccccc43)c3ccccc32)cc1. The monoisotopic (exact) mass is 796 g/mol. The van der Waals surface area contributed by atoms with Gasteiger partial charge in [0.15, 0.2) is 6.17 Å². The largest absolute Gasteiger partial charge is 0.339 e. The molecular formula is C58H58N3. The molecule has 3 aliphatic rings. The van der Waals surface area contributed by atoms with Crippen LogP contribution in [0.1, 0.15) is 129 Å². The van der Waals surface area contributed by atoms with E-state index in [9.17, 15) is 0 Å². The van der Waals surface area contributed by atoms with Gasteiger partial charge in [0, 0.05) is 35.7 Å². The van der Waals surface area contributed by atoms with Crippen molar-refractivity contribution in [3.05, 3.63) is 214 Å². The van der Waals surface area contributed by atoms with E-state index in [1.165, 1.54) is 90.1 Å². The number of rotatable bonds is 8. The Morgan fingerprint density at radius 1 is 0.377 bits per heavy atom. The molecule has 0 aromatic heterocycles. The van der Waals surface area contributed by atoms with Crippen LogP contribution < -0.4 is 14.7 Å². The summed E-state index contributed by atoms with van der Waals surface area (Å²) in [5.41, 5.74) is 20.8. The van der Waals surface area contributed by atoms with E-state index in [1.807, 2.05) is 0 Å². The molecule has 1 radical (unpaired) electrons. The molecule has 3 heteroatoms. The van der Waals surface area contributed by atoms with Crippen LogP contribution in [0, 0.1) is 6.17 Å². The quantitative estimate of drug-likeness (QED) is 0.152. The van der Waals surface area contributed by atoms with Crippen LogP contribution >= 0.6 is 0 Å². The van der Waals surface area contributed by atoms with E-state index < -0.39 is 5.41 Å². The number of anilines is 5. The molecule has 7 aromatic carbocycles. The number of fused-ring (bicyclic) bond motifs is 9. The normalized spacial score (nSPS) is 15.3. The second-order valence-corrected chi connectivity index (χ2v) is 18.6. The first-order valence-corrected chi connectivity index (χ1v) is 22.6. The van der Waals surface area contributed by atoms with E-state index in [0.29, 0.717) is 23.7 Å². The lowest BCUT2D eigenvalue weighted by Gasteiger charge is -2.45. The van der Waals surface area contributed by atoms with Gasteiger partial charge in [0.1, 0.15) is 0 Å². The van der Waals surface area contributed by atoms with Crippen LogP contribution in [0.3, 0.4) is 0 Å². The van der Waals surface area contributed by atoms with Crippen molar-refractivity contribution in [1.82, 2.24) is 0 Å². The molecule has 1 aliphatic carbocycles. The molecule has 10 rings (SSSR count). The second kappa shape index (κ2) is 15.1. The highest BCUT2D eigenvalue weighted by Crippen LogP contribution is 2.63. The topological polar surface area (TPSA) is 9.72 Å². The third-order valence-corrected chi connectivity index (χ3v) is 13.7. The fourth-order valence-corrected chi connectivity index (χ4v) is 11.1. The van der Waals surface area contributed by atoms with Gasteiger partial charge < -0.3 is 14.7 Å². The zero-order chi connectivity index (χ0) is 42.2. The lowest BCUT2D eigenvalue weighted by Crippen LogP contribution is -2.36. The molecule has 3 nitrogen and oxygen atoms in total. The molecule has 0 N–H and O–H groups in total. The summed E-state index contributed by atoms with van der Waals surface area (Å²) in [6.07, 6.45) is 1.27. The maximum Gasteiger partial charge on any atom is 0.187 e. The second-order valence-electron chi connectivity index (χ2n) is 18.6. The fraction of sp³-hybridized carbons (Fsp3) is 0.259. The Morgan fingerprint density at radius 3 is 1.13 bits per heavy atom. The summed E-state index contributed by atoms with van der Waals surface area (Å²) < 4.78 is 0. The molecule has 0 bridgehead atoms. The number of nitrogens with zero attached hydrogens (tertiary/aromatic N) is 3. The molecule has 2 heterocycles. The maximum absolute atomic E-state index is 2.67. The van der Waals surface area contributed by atoms with Crippen molar-refractivity contribution in [2.24, 2.45) is 0 Å². The van der Waals surface area contributed by atoms with Crippen molar-refractivity contribution < 1.29 is 0 Å². The maximum atomic E-state index is 2.67. The highest BCUT2D eigenvalue weighted by atomic mass is 15.4. The minimum Gasteiger partial charge on any atom is -0.339 e. The summed E-state index contributed by atoms with van der Waals surface area (Å²) in [4.78, 5) is 7.85. The minimum atomic E-state index is -0.423. The zero-order valence-corrected chi connectivity index (χ0v) is 37.1. The summed E-state index contributed by atoms with van der Waals surface area (Å²) in [6, 6.07) is 59.8. The van der Waals surface area contributed by atoms with Gasteiger partial charge in [-0.1, -0.05) is 189 Å². The van der Waals surface area contributed by atoms with Gasteiger partial charge in [-0.25, -0.2) is 0 Å². The van der Waals surface area contributed by atoms with Gasteiger partial charge in [-0.15, -0.1) is 0 Å². The van der Waals surface area contributed by atoms with E-state index in [2.05, 4.69) is 228 Å². The average molecular weight is 797 g/mol. The highest BCUT2D eigenvalue weighted by Gasteiger charge is 2.51. The Morgan fingerprint density at radius 2 is 0.738 bits per heavy atom. The lowest BCUT2D eigenvalue weighted by molar-refractivity contribution is 0.752. The minimum absolute atomic E-state index is 0.391. The predicted molar refractivity (Wildman–Crippen MR) is 258 cm³/mol. The van der Waals surface area contributed by atoms with E-state index in [-0.39, 0.29) is 0 Å². The van der Waals surface area contributed by atoms with E-state index in [4.69, 9.17) is 0 Å². The molecule has 0 saturated carbocycles. The van der Waals surface area contributed by atoms with Crippen LogP contribution in [0.4, 0.5) is 28.4 Å². The predicted octanol–water partition coefficient (Wildman–Crippen LogP) is 15.2. The molecule has 1 spiro atoms. The van der Waals surface area contributed by atoms with Crippen LogP contribution in [-0.4, -0.2) is 13.1 Å². The van der Waals surface area contributed by atoms with E-state index in [0.717, 1.165) is 18.8 Å². The van der Waals surface area contributed by atoms with Crippen molar-refractivity contribution in [3.8, 4) is 11.1 Å². The molecule has 0 atom stereocenters. The first kappa shape index (κ1) is 39.1. The number of para-hydroxylation sites is 4. The average Bonchev–Trinajstić information content (AvgIpc) is 3.84. The lowest BCUT2D eigenvalue weighted by atomic mass is 9.64. The van der Waals surface area contributed by atoms with E-state index in [1.54, 1.807) is 0 Å². The fourth-order valence-electron chi connectivity index (χ4n) is 11.1. The van der Waals surface area contributed by atoms with Crippen LogP contribution in [0.2, 0.25) is 0 Å². The third-order valence-electron chi connectivity index (χ3n) is 13.7. The van der Waals surface area contributed by atoms with Gasteiger partial charge in [0.2, 0.25) is 0 Å². The Kier molecular flexibility index (Phi) is 9.70. The zero-order valence-electron chi connectivity index (χ0n) is 37.1. The van der Waals surface area contributed by atoms with Crippen molar-refractivity contribution in [1.29, 1.82) is 0 Å². The molecule has 61 heavy (non-hydrogen) atoms. The van der Waals surface area contributed by atoms with Crippen molar-refractivity contribution in [3.63, 3.8) is 0 Å².